The molecular weight excluding hydrogens is 502 g/mol. The number of carbonyl (C=O) groups is 3. The van der Waals surface area contributed by atoms with E-state index in [0.717, 1.165) is 21.6 Å². The SMILES string of the molecule is CSc1ccc(C(=O)C2CN(C(=O)Oc3ccccc3)C[C@@H]2Cc2cc(C)c(OCC(=O)O)c(C)c2)cc1. The lowest BCUT2D eigenvalue weighted by molar-refractivity contribution is -0.139. The van der Waals surface area contributed by atoms with Crippen LogP contribution >= 0.6 is 11.8 Å². The number of amides is 1. The van der Waals surface area contributed by atoms with E-state index in [-0.39, 0.29) is 24.2 Å². The second-order valence-electron chi connectivity index (χ2n) is 9.49. The summed E-state index contributed by atoms with van der Waals surface area (Å²) in [6, 6.07) is 20.4. The molecule has 4 rings (SSSR count). The van der Waals surface area contributed by atoms with Gasteiger partial charge in [0, 0.05) is 29.5 Å². The van der Waals surface area contributed by atoms with Crippen LogP contribution in [0, 0.1) is 25.7 Å². The second-order valence-corrected chi connectivity index (χ2v) is 10.4. The van der Waals surface area contributed by atoms with E-state index in [0.29, 0.717) is 30.0 Å². The summed E-state index contributed by atoms with van der Waals surface area (Å²) in [7, 11) is 0. The third-order valence-electron chi connectivity index (χ3n) is 6.72. The molecule has 0 aliphatic carbocycles. The lowest BCUT2D eigenvalue weighted by Crippen LogP contribution is -2.32. The van der Waals surface area contributed by atoms with Gasteiger partial charge in [-0.25, -0.2) is 9.59 Å². The quantitative estimate of drug-likeness (QED) is 0.280. The van der Waals surface area contributed by atoms with Gasteiger partial charge in [0.2, 0.25) is 0 Å². The lowest BCUT2D eigenvalue weighted by atomic mass is 9.84. The molecule has 1 aliphatic heterocycles. The fraction of sp³-hybridized carbons (Fsp3) is 0.300. The second kappa shape index (κ2) is 12.2. The van der Waals surface area contributed by atoms with E-state index < -0.39 is 18.7 Å². The Morgan fingerprint density at radius 3 is 2.24 bits per heavy atom. The van der Waals surface area contributed by atoms with Gasteiger partial charge in [0.1, 0.15) is 11.5 Å². The number of Topliss-reactive ketones (excluding diaryl/α,β-unsaturated/α-hetero) is 1. The first-order valence-electron chi connectivity index (χ1n) is 12.4. The molecule has 3 aromatic carbocycles. The van der Waals surface area contributed by atoms with Gasteiger partial charge < -0.3 is 19.5 Å². The zero-order valence-corrected chi connectivity index (χ0v) is 22.5. The normalized spacial score (nSPS) is 16.8. The number of carbonyl (C=O) groups excluding carboxylic acids is 2. The van der Waals surface area contributed by atoms with Crippen molar-refractivity contribution >= 4 is 29.6 Å². The number of ether oxygens (including phenoxy) is 2. The summed E-state index contributed by atoms with van der Waals surface area (Å²) in [5.74, 6) is -0.518. The number of hydrogen-bond donors (Lipinski definition) is 1. The summed E-state index contributed by atoms with van der Waals surface area (Å²) in [6.45, 7) is 4.01. The molecule has 0 aromatic heterocycles. The van der Waals surface area contributed by atoms with Gasteiger partial charge in [-0.2, -0.15) is 0 Å². The van der Waals surface area contributed by atoms with Crippen molar-refractivity contribution in [1.82, 2.24) is 4.90 Å². The van der Waals surface area contributed by atoms with E-state index in [9.17, 15) is 14.4 Å². The molecule has 1 amide bonds. The number of para-hydroxylation sites is 1. The summed E-state index contributed by atoms with van der Waals surface area (Å²) in [6.07, 6.45) is 2.09. The van der Waals surface area contributed by atoms with E-state index in [1.165, 1.54) is 0 Å². The maximum atomic E-state index is 13.6. The van der Waals surface area contributed by atoms with Crippen LogP contribution in [0.3, 0.4) is 0 Å². The average molecular weight is 534 g/mol. The Kier molecular flexibility index (Phi) is 8.73. The van der Waals surface area contributed by atoms with E-state index in [1.54, 1.807) is 40.9 Å². The summed E-state index contributed by atoms with van der Waals surface area (Å²) in [4.78, 5) is 40.3. The molecule has 1 N–H and O–H groups in total. The molecule has 0 radical (unpaired) electrons. The fourth-order valence-corrected chi connectivity index (χ4v) is 5.38. The van der Waals surface area contributed by atoms with Gasteiger partial charge in [-0.15, -0.1) is 11.8 Å². The molecular formula is C30H31NO6S. The van der Waals surface area contributed by atoms with Crippen LogP contribution in [0.4, 0.5) is 4.79 Å². The Morgan fingerprint density at radius 1 is 0.974 bits per heavy atom. The van der Waals surface area contributed by atoms with Crippen LogP contribution in [0.1, 0.15) is 27.0 Å². The molecule has 1 saturated heterocycles. The number of carboxylic acid groups (broad SMARTS) is 1. The Bertz CT molecular complexity index is 1290. The topological polar surface area (TPSA) is 93.1 Å². The lowest BCUT2D eigenvalue weighted by Gasteiger charge is -2.19. The van der Waals surface area contributed by atoms with Crippen LogP contribution in [-0.4, -0.2) is 53.8 Å². The van der Waals surface area contributed by atoms with Gasteiger partial charge in [-0.3, -0.25) is 4.79 Å². The summed E-state index contributed by atoms with van der Waals surface area (Å²) in [5, 5.41) is 8.97. The molecule has 8 heteroatoms. The third kappa shape index (κ3) is 6.55. The number of nitrogens with zero attached hydrogens (tertiary/aromatic N) is 1. The van der Waals surface area contributed by atoms with Crippen molar-refractivity contribution in [3.63, 3.8) is 0 Å². The molecule has 2 atom stereocenters. The number of rotatable bonds is 9. The first kappa shape index (κ1) is 27.3. The highest BCUT2D eigenvalue weighted by molar-refractivity contribution is 7.98. The molecule has 0 spiro atoms. The molecule has 38 heavy (non-hydrogen) atoms. The number of hydrogen-bond acceptors (Lipinski definition) is 6. The molecule has 1 aliphatic rings. The summed E-state index contributed by atoms with van der Waals surface area (Å²) >= 11 is 1.61. The van der Waals surface area contributed by atoms with Gasteiger partial charge in [-0.1, -0.05) is 42.5 Å². The highest BCUT2D eigenvalue weighted by atomic mass is 32.2. The number of likely N-dealkylation sites (tertiary alicyclic amines) is 1. The van der Waals surface area contributed by atoms with Crippen molar-refractivity contribution in [3.05, 3.63) is 89.0 Å². The Labute approximate surface area is 226 Å². The van der Waals surface area contributed by atoms with Crippen LogP contribution in [-0.2, 0) is 11.2 Å². The summed E-state index contributed by atoms with van der Waals surface area (Å²) in [5.41, 5.74) is 3.28. The van der Waals surface area contributed by atoms with Gasteiger partial charge in [0.15, 0.2) is 12.4 Å². The highest BCUT2D eigenvalue weighted by Crippen LogP contribution is 2.33. The average Bonchev–Trinajstić information content (AvgIpc) is 3.32. The van der Waals surface area contributed by atoms with Crippen molar-refractivity contribution < 1.29 is 29.0 Å². The standard InChI is InChI=1S/C30H31NO6S/c1-19-13-21(14-20(2)29(19)36-18-27(32)33)15-23-16-31(30(35)37-24-7-5-4-6-8-24)17-26(23)28(34)22-9-11-25(38-3)12-10-22/h4-14,23,26H,15-18H2,1-3H3,(H,32,33)/t23-,26?/m0/s1. The minimum atomic E-state index is -1.03. The monoisotopic (exact) mass is 533 g/mol. The number of benzene rings is 3. The zero-order valence-electron chi connectivity index (χ0n) is 21.7. The maximum absolute atomic E-state index is 13.6. The number of carboxylic acids is 1. The van der Waals surface area contributed by atoms with Gasteiger partial charge in [0.05, 0.1) is 0 Å². The zero-order chi connectivity index (χ0) is 27.2. The van der Waals surface area contributed by atoms with Gasteiger partial charge in [-0.05, 0) is 73.4 Å². The van der Waals surface area contributed by atoms with Gasteiger partial charge in [0.25, 0.3) is 0 Å². The van der Waals surface area contributed by atoms with E-state index >= 15 is 0 Å². The van der Waals surface area contributed by atoms with E-state index in [4.69, 9.17) is 14.6 Å². The molecule has 3 aromatic rings. The number of thioether (sulfide) groups is 1. The van der Waals surface area contributed by atoms with Crippen molar-refractivity contribution in [2.24, 2.45) is 11.8 Å². The fourth-order valence-electron chi connectivity index (χ4n) is 4.97. The van der Waals surface area contributed by atoms with E-state index in [2.05, 4.69) is 0 Å². The first-order chi connectivity index (χ1) is 18.2. The molecule has 7 nitrogen and oxygen atoms in total. The Balaban J connectivity index is 1.57. The van der Waals surface area contributed by atoms with Crippen LogP contribution in [0.5, 0.6) is 11.5 Å². The first-order valence-corrected chi connectivity index (χ1v) is 13.6. The van der Waals surface area contributed by atoms with Crippen LogP contribution in [0.25, 0.3) is 0 Å². The maximum Gasteiger partial charge on any atom is 0.415 e. The predicted molar refractivity (Wildman–Crippen MR) is 146 cm³/mol. The largest absolute Gasteiger partial charge is 0.481 e. The van der Waals surface area contributed by atoms with Crippen molar-refractivity contribution in [2.75, 3.05) is 26.0 Å². The highest BCUT2D eigenvalue weighted by Gasteiger charge is 2.40. The van der Waals surface area contributed by atoms with Crippen LogP contribution < -0.4 is 9.47 Å². The van der Waals surface area contributed by atoms with Crippen molar-refractivity contribution in [1.29, 1.82) is 0 Å². The Morgan fingerprint density at radius 2 is 1.63 bits per heavy atom. The molecule has 0 bridgehead atoms. The van der Waals surface area contributed by atoms with Crippen molar-refractivity contribution in [2.45, 2.75) is 25.2 Å². The van der Waals surface area contributed by atoms with Crippen LogP contribution in [0.15, 0.2) is 71.6 Å². The molecule has 1 heterocycles. The van der Waals surface area contributed by atoms with Crippen LogP contribution in [0.2, 0.25) is 0 Å². The minimum Gasteiger partial charge on any atom is -0.481 e. The number of ketones is 1. The predicted octanol–water partition coefficient (Wildman–Crippen LogP) is 5.66. The number of aliphatic carboxylic acids is 1. The number of aryl methyl sites for hydroxylation is 2. The van der Waals surface area contributed by atoms with Gasteiger partial charge >= 0.3 is 12.1 Å². The minimum absolute atomic E-state index is 0.00696. The molecule has 198 valence electrons. The third-order valence-corrected chi connectivity index (χ3v) is 7.46. The molecule has 1 unspecified atom stereocenters. The summed E-state index contributed by atoms with van der Waals surface area (Å²) < 4.78 is 11.0. The van der Waals surface area contributed by atoms with E-state index in [1.807, 2.05) is 62.6 Å². The smallest absolute Gasteiger partial charge is 0.415 e. The van der Waals surface area contributed by atoms with Crippen molar-refractivity contribution in [3.8, 4) is 11.5 Å². The Hall–Kier alpha value is -3.78. The molecule has 0 saturated carbocycles. The molecule has 1 fully saturated rings.